The van der Waals surface area contributed by atoms with Gasteiger partial charge in [-0.1, -0.05) is 74.2 Å². The number of fused-ring (bicyclic) bond motifs is 1. The van der Waals surface area contributed by atoms with E-state index in [2.05, 4.69) is 39.8 Å². The van der Waals surface area contributed by atoms with Crippen molar-refractivity contribution in [2.45, 2.75) is 75.1 Å². The van der Waals surface area contributed by atoms with Crippen LogP contribution < -0.4 is 31.3 Å². The zero-order valence-electron chi connectivity index (χ0n) is 32.5. The van der Waals surface area contributed by atoms with Crippen molar-refractivity contribution in [1.82, 2.24) is 15.0 Å². The number of terminal acetylenes is 1. The maximum atomic E-state index is 12.6. The van der Waals surface area contributed by atoms with Crippen LogP contribution in [-0.2, 0) is 25.4 Å². The summed E-state index contributed by atoms with van der Waals surface area (Å²) in [7, 11) is 0.0280. The lowest BCUT2D eigenvalue weighted by Crippen LogP contribution is -2.36. The van der Waals surface area contributed by atoms with Gasteiger partial charge < -0.3 is 31.2 Å². The Bertz CT molecular complexity index is 2010. The van der Waals surface area contributed by atoms with Gasteiger partial charge in [-0.3, -0.25) is 23.9 Å². The smallest absolute Gasteiger partial charge is 0.303 e. The number of benzene rings is 3. The number of nitrogens with one attached hydrogen (secondary N) is 4. The first-order chi connectivity index (χ1) is 27.6. The fraction of sp³-hybridized carbons (Fsp3) is 0.364. The molecule has 2 heterocycles. The third-order valence-corrected chi connectivity index (χ3v) is 10.6. The first-order valence-electron chi connectivity index (χ1n) is 19.1. The molecule has 1 aromatic heterocycles. The maximum absolute atomic E-state index is 12.6. The second-order valence-corrected chi connectivity index (χ2v) is 14.7. The number of carbonyl (C=O) groups is 3. The summed E-state index contributed by atoms with van der Waals surface area (Å²) in [4.78, 5) is 48.9. The third kappa shape index (κ3) is 15.4. The lowest BCUT2D eigenvalue weighted by molar-refractivity contribution is -0.137. The fourth-order valence-corrected chi connectivity index (χ4v) is 7.15. The molecule has 2 amide bonds. The molecule has 4 atom stereocenters. The van der Waals surface area contributed by atoms with Crippen molar-refractivity contribution in [2.75, 3.05) is 25.5 Å². The monoisotopic (exact) mass is 797 g/mol. The van der Waals surface area contributed by atoms with E-state index in [0.29, 0.717) is 10.3 Å². The Morgan fingerprint density at radius 1 is 0.982 bits per heavy atom. The summed E-state index contributed by atoms with van der Waals surface area (Å²) in [6.45, 7) is 5.39. The highest BCUT2D eigenvalue weighted by atomic mass is 32.2. The zero-order valence-corrected chi connectivity index (χ0v) is 33.4. The number of allylic oxidation sites excluding steroid dienone is 1. The van der Waals surface area contributed by atoms with E-state index < -0.39 is 17.0 Å². The molecular formula is C44H55N5O7S. The van der Waals surface area contributed by atoms with E-state index in [0.717, 1.165) is 99.1 Å². The number of aliphatic carboxylic acids is 1. The van der Waals surface area contributed by atoms with Crippen LogP contribution in [0.2, 0.25) is 0 Å². The van der Waals surface area contributed by atoms with E-state index >= 15 is 0 Å². The van der Waals surface area contributed by atoms with Crippen molar-refractivity contribution in [3.8, 4) is 29.9 Å². The van der Waals surface area contributed by atoms with E-state index in [4.69, 9.17) is 15.6 Å². The molecule has 0 spiro atoms. The maximum Gasteiger partial charge on any atom is 0.303 e. The largest absolute Gasteiger partial charge is 0.497 e. The standard InChI is InChI=1S/C21H30N2O4S.C16H13NO2.C5H10N2O.C2H2/c1-2-16-15-17(16)21(26)23-28(27)19-12-9-8-11-18(19)22-14-10-6-4-3-5-7-13-20(24)25;1-19-12-7-8-13-15(9-12)17-14(10-16(13)18)11-5-3-2-4-6-11;6-5(8)4-2-1-3-7-4;1-2/h2,8-9,11-12,16-17,22H,1,3-7,10,13-15H2,(H,23,26)(H,24,25);2-10H,1H3,(H,17,18);4,7H,1-3H2,(H2,6,8);1-2H/t16-,17+,28?;;;/m1.../s1. The summed E-state index contributed by atoms with van der Waals surface area (Å²) in [5, 5.41) is 15.6. The van der Waals surface area contributed by atoms with Gasteiger partial charge in [0.25, 0.3) is 0 Å². The van der Waals surface area contributed by atoms with Crippen LogP contribution in [0.25, 0.3) is 22.2 Å². The number of carboxylic acid groups (broad SMARTS) is 1. The van der Waals surface area contributed by atoms with Gasteiger partial charge in [0.15, 0.2) is 16.4 Å². The Kier molecular flexibility index (Phi) is 19.8. The number of rotatable bonds is 17. The molecule has 3 aromatic carbocycles. The first kappa shape index (κ1) is 45.7. The van der Waals surface area contributed by atoms with Crippen LogP contribution in [0.5, 0.6) is 5.75 Å². The molecule has 7 N–H and O–H groups in total. The first-order valence-corrected chi connectivity index (χ1v) is 20.3. The molecule has 57 heavy (non-hydrogen) atoms. The van der Waals surface area contributed by atoms with Gasteiger partial charge in [0.2, 0.25) is 11.8 Å². The molecule has 1 aliphatic carbocycles. The van der Waals surface area contributed by atoms with Crippen LogP contribution in [0.15, 0.2) is 101 Å². The Morgan fingerprint density at radius 2 is 1.67 bits per heavy atom. The number of anilines is 1. The number of hydrogen-bond donors (Lipinski definition) is 6. The van der Waals surface area contributed by atoms with Gasteiger partial charge >= 0.3 is 5.97 Å². The van der Waals surface area contributed by atoms with Crippen LogP contribution in [0.1, 0.15) is 64.2 Å². The number of para-hydroxylation sites is 1. The molecule has 2 unspecified atom stereocenters. The van der Waals surface area contributed by atoms with Crippen molar-refractivity contribution >= 4 is 45.4 Å². The number of ether oxygens (including phenoxy) is 1. The Balaban J connectivity index is 0.000000256. The molecule has 4 aromatic rings. The van der Waals surface area contributed by atoms with E-state index in [1.54, 1.807) is 37.5 Å². The van der Waals surface area contributed by atoms with Crippen molar-refractivity contribution in [2.24, 2.45) is 17.6 Å². The van der Waals surface area contributed by atoms with Crippen molar-refractivity contribution in [1.29, 1.82) is 0 Å². The molecule has 0 radical (unpaired) electrons. The minimum atomic E-state index is -1.58. The second kappa shape index (κ2) is 24.7. The summed E-state index contributed by atoms with van der Waals surface area (Å²) in [5.41, 5.74) is 8.37. The van der Waals surface area contributed by atoms with Gasteiger partial charge in [0.1, 0.15) is 5.75 Å². The van der Waals surface area contributed by atoms with E-state index in [-0.39, 0.29) is 41.5 Å². The predicted octanol–water partition coefficient (Wildman–Crippen LogP) is 6.55. The van der Waals surface area contributed by atoms with Gasteiger partial charge in [0.05, 0.1) is 29.3 Å². The molecular weight excluding hydrogens is 743 g/mol. The molecule has 1 saturated heterocycles. The topological polar surface area (TPSA) is 193 Å². The van der Waals surface area contributed by atoms with Crippen molar-refractivity contribution in [3.05, 3.63) is 102 Å². The van der Waals surface area contributed by atoms with Gasteiger partial charge in [-0.2, -0.15) is 0 Å². The summed E-state index contributed by atoms with van der Waals surface area (Å²) >= 11 is 0. The number of methoxy groups -OCH3 is 1. The fourth-order valence-electron chi connectivity index (χ4n) is 6.16. The van der Waals surface area contributed by atoms with Crippen LogP contribution >= 0.6 is 0 Å². The number of nitrogens with two attached hydrogens (primary N) is 1. The van der Waals surface area contributed by atoms with Gasteiger partial charge in [0, 0.05) is 42.1 Å². The van der Waals surface area contributed by atoms with Crippen LogP contribution in [0.4, 0.5) is 5.69 Å². The molecule has 12 nitrogen and oxygen atoms in total. The number of pyridine rings is 1. The number of primary amides is 1. The summed E-state index contributed by atoms with van der Waals surface area (Å²) in [5.74, 6) is -0.294. The number of amides is 2. The van der Waals surface area contributed by atoms with Gasteiger partial charge in [-0.25, -0.2) is 4.21 Å². The van der Waals surface area contributed by atoms with E-state index in [1.165, 1.54) is 0 Å². The molecule has 6 rings (SSSR count). The SMILES string of the molecule is C#C.C=C[C@@H]1C[C@@H]1C(=O)NS(=O)c1ccccc1NCCCCCCCCC(=O)O.COc1ccc2c(=O)cc(-c3ccccc3)[nH]c2c1.NC(=O)C1CCCN1. The van der Waals surface area contributed by atoms with Crippen LogP contribution in [0, 0.1) is 24.7 Å². The molecule has 0 bridgehead atoms. The van der Waals surface area contributed by atoms with Gasteiger partial charge in [-0.15, -0.1) is 19.4 Å². The summed E-state index contributed by atoms with van der Waals surface area (Å²) in [6, 6.07) is 24.1. The quantitative estimate of drug-likeness (QED) is 0.0391. The number of aromatic amines is 1. The number of unbranched alkanes of at least 4 members (excludes halogenated alkanes) is 5. The lowest BCUT2D eigenvalue weighted by Gasteiger charge is -2.12. The minimum Gasteiger partial charge on any atom is -0.497 e. The number of carboxylic acids is 1. The van der Waals surface area contributed by atoms with E-state index in [9.17, 15) is 23.4 Å². The molecule has 2 fully saturated rings. The van der Waals surface area contributed by atoms with Crippen LogP contribution in [0.3, 0.4) is 0 Å². The molecule has 1 aliphatic heterocycles. The van der Waals surface area contributed by atoms with Crippen LogP contribution in [-0.4, -0.2) is 58.3 Å². The molecule has 304 valence electrons. The molecule has 1 saturated carbocycles. The highest BCUT2D eigenvalue weighted by molar-refractivity contribution is 7.83. The van der Waals surface area contributed by atoms with Gasteiger partial charge in [-0.05, 0) is 74.4 Å². The van der Waals surface area contributed by atoms with Crippen molar-refractivity contribution < 1.29 is 28.4 Å². The number of H-pyrrole nitrogens is 1. The Morgan fingerprint density at radius 3 is 2.28 bits per heavy atom. The third-order valence-electron chi connectivity index (χ3n) is 9.42. The Hall–Kier alpha value is -5.71. The summed E-state index contributed by atoms with van der Waals surface area (Å²) < 4.78 is 20.3. The molecule has 2 aliphatic rings. The van der Waals surface area contributed by atoms with E-state index in [1.807, 2.05) is 54.6 Å². The van der Waals surface area contributed by atoms with Crippen molar-refractivity contribution in [3.63, 3.8) is 0 Å². The highest BCUT2D eigenvalue weighted by Crippen LogP contribution is 2.39. The summed E-state index contributed by atoms with van der Waals surface area (Å²) in [6.07, 6.45) is 18.7. The number of hydrogen-bond acceptors (Lipinski definition) is 8. The minimum absolute atomic E-state index is 0.00950. The number of aromatic nitrogens is 1. The predicted molar refractivity (Wildman–Crippen MR) is 228 cm³/mol. The average Bonchev–Trinajstić information content (AvgIpc) is 3.82. The second-order valence-electron chi connectivity index (χ2n) is 13.5. The normalized spacial score (nSPS) is 16.8. The zero-order chi connectivity index (χ0) is 41.6. The highest BCUT2D eigenvalue weighted by Gasteiger charge is 2.41. The number of carbonyl (C=O) groups excluding carboxylic acids is 2. The molecule has 13 heteroatoms. The average molecular weight is 798 g/mol. The Labute approximate surface area is 337 Å². The lowest BCUT2D eigenvalue weighted by atomic mass is 10.1.